The molecule has 2 N–H and O–H groups in total. The van der Waals surface area contributed by atoms with Crippen LogP contribution in [0.4, 0.5) is 31.0 Å². The van der Waals surface area contributed by atoms with Gasteiger partial charge in [-0.25, -0.2) is 14.0 Å². The summed E-state index contributed by atoms with van der Waals surface area (Å²) in [6, 6.07) is 11.4. The first kappa shape index (κ1) is 21.7. The van der Waals surface area contributed by atoms with E-state index in [1.807, 2.05) is 11.8 Å². The van der Waals surface area contributed by atoms with E-state index in [1.54, 1.807) is 30.3 Å². The number of halogens is 1. The Kier molecular flexibility index (Phi) is 7.59. The van der Waals surface area contributed by atoms with Crippen molar-refractivity contribution in [3.63, 3.8) is 0 Å². The van der Waals surface area contributed by atoms with E-state index < -0.39 is 12.2 Å². The molecule has 0 saturated carbocycles. The van der Waals surface area contributed by atoms with E-state index in [1.165, 1.54) is 26.4 Å². The average molecular weight is 401 g/mol. The van der Waals surface area contributed by atoms with Gasteiger partial charge >= 0.3 is 12.2 Å². The first-order valence-electron chi connectivity index (χ1n) is 8.80. The molecule has 0 aliphatic heterocycles. The number of methoxy groups -OCH3 is 2. The number of benzene rings is 2. The van der Waals surface area contributed by atoms with E-state index in [9.17, 15) is 14.0 Å². The van der Waals surface area contributed by atoms with E-state index >= 15 is 0 Å². The van der Waals surface area contributed by atoms with E-state index in [2.05, 4.69) is 26.7 Å². The number of carbonyl (C=O) groups excluding carboxylic acids is 2. The quantitative estimate of drug-likeness (QED) is 0.654. The number of ether oxygens (including phenoxy) is 2. The standard InChI is InChI=1S/C21H24FN3O4/c1-14(2)12-25(13-15-5-7-16(22)8-6-15)17-9-10-18(23-20(26)28-3)19(11-17)24-21(27)29-4/h5-11H,1,12-13H2,2-4H3,(H,23,26)(H,24,27). The van der Waals surface area contributed by atoms with Gasteiger partial charge in [0.25, 0.3) is 0 Å². The molecule has 2 aromatic carbocycles. The molecule has 0 saturated heterocycles. The van der Waals surface area contributed by atoms with Gasteiger partial charge in [-0.05, 0) is 42.8 Å². The molecule has 154 valence electrons. The predicted octanol–water partition coefficient (Wildman–Crippen LogP) is 4.77. The van der Waals surface area contributed by atoms with Gasteiger partial charge in [-0.1, -0.05) is 24.3 Å². The van der Waals surface area contributed by atoms with Gasteiger partial charge in [-0.2, -0.15) is 0 Å². The summed E-state index contributed by atoms with van der Waals surface area (Å²) < 4.78 is 22.5. The number of amides is 2. The monoisotopic (exact) mass is 401 g/mol. The van der Waals surface area contributed by atoms with Gasteiger partial charge in [0.15, 0.2) is 0 Å². The van der Waals surface area contributed by atoms with E-state index in [0.29, 0.717) is 24.5 Å². The lowest BCUT2D eigenvalue weighted by Gasteiger charge is -2.26. The third-order valence-corrected chi connectivity index (χ3v) is 3.96. The maximum atomic E-state index is 13.2. The van der Waals surface area contributed by atoms with Crippen molar-refractivity contribution < 1.29 is 23.5 Å². The lowest BCUT2D eigenvalue weighted by atomic mass is 10.1. The molecule has 29 heavy (non-hydrogen) atoms. The van der Waals surface area contributed by atoms with Crippen LogP contribution in [0.3, 0.4) is 0 Å². The Bertz CT molecular complexity index is 884. The van der Waals surface area contributed by atoms with Gasteiger partial charge in [0.1, 0.15) is 5.82 Å². The third-order valence-electron chi connectivity index (χ3n) is 3.96. The van der Waals surface area contributed by atoms with Crippen molar-refractivity contribution in [3.8, 4) is 0 Å². The normalized spacial score (nSPS) is 10.1. The summed E-state index contributed by atoms with van der Waals surface area (Å²) in [5.41, 5.74) is 3.28. The second-order valence-electron chi connectivity index (χ2n) is 6.40. The zero-order valence-electron chi connectivity index (χ0n) is 16.6. The third kappa shape index (κ3) is 6.53. The van der Waals surface area contributed by atoms with Gasteiger partial charge in [0.05, 0.1) is 25.6 Å². The zero-order valence-corrected chi connectivity index (χ0v) is 16.6. The van der Waals surface area contributed by atoms with Crippen molar-refractivity contribution in [2.75, 3.05) is 36.3 Å². The minimum atomic E-state index is -0.681. The Hall–Kier alpha value is -3.55. The minimum absolute atomic E-state index is 0.303. The van der Waals surface area contributed by atoms with Crippen molar-refractivity contribution in [2.45, 2.75) is 13.5 Å². The summed E-state index contributed by atoms with van der Waals surface area (Å²) >= 11 is 0. The number of rotatable bonds is 7. The summed E-state index contributed by atoms with van der Waals surface area (Å²) in [6.07, 6.45) is -1.35. The van der Waals surface area contributed by atoms with Crippen LogP contribution in [0.25, 0.3) is 0 Å². The molecule has 0 spiro atoms. The van der Waals surface area contributed by atoms with Crippen molar-refractivity contribution in [1.82, 2.24) is 0 Å². The Morgan fingerprint density at radius 3 is 2.14 bits per heavy atom. The number of nitrogens with zero attached hydrogens (tertiary/aromatic N) is 1. The lowest BCUT2D eigenvalue weighted by molar-refractivity contribution is 0.185. The van der Waals surface area contributed by atoms with Crippen LogP contribution in [0.1, 0.15) is 12.5 Å². The molecular weight excluding hydrogens is 377 g/mol. The van der Waals surface area contributed by atoms with Gasteiger partial charge < -0.3 is 14.4 Å². The van der Waals surface area contributed by atoms with Crippen LogP contribution in [0.15, 0.2) is 54.6 Å². The second-order valence-corrected chi connectivity index (χ2v) is 6.40. The highest BCUT2D eigenvalue weighted by molar-refractivity contribution is 5.96. The van der Waals surface area contributed by atoms with Crippen LogP contribution in [0.2, 0.25) is 0 Å². The average Bonchev–Trinajstić information content (AvgIpc) is 2.69. The van der Waals surface area contributed by atoms with Crippen LogP contribution >= 0.6 is 0 Å². The van der Waals surface area contributed by atoms with Crippen LogP contribution < -0.4 is 15.5 Å². The topological polar surface area (TPSA) is 79.9 Å². The van der Waals surface area contributed by atoms with Crippen molar-refractivity contribution in [3.05, 3.63) is 66.0 Å². The Morgan fingerprint density at radius 2 is 1.59 bits per heavy atom. The summed E-state index contributed by atoms with van der Waals surface area (Å²) in [4.78, 5) is 25.3. The number of nitrogens with one attached hydrogen (secondary N) is 2. The van der Waals surface area contributed by atoms with E-state index in [4.69, 9.17) is 0 Å². The molecule has 0 radical (unpaired) electrons. The molecule has 0 aromatic heterocycles. The minimum Gasteiger partial charge on any atom is -0.453 e. The zero-order chi connectivity index (χ0) is 21.4. The van der Waals surface area contributed by atoms with Crippen molar-refractivity contribution >= 4 is 29.2 Å². The van der Waals surface area contributed by atoms with Gasteiger partial charge in [0.2, 0.25) is 0 Å². The van der Waals surface area contributed by atoms with E-state index in [0.717, 1.165) is 16.8 Å². The summed E-state index contributed by atoms with van der Waals surface area (Å²) in [5.74, 6) is -0.303. The molecule has 0 bridgehead atoms. The Morgan fingerprint density at radius 1 is 1.00 bits per heavy atom. The van der Waals surface area contributed by atoms with Crippen molar-refractivity contribution in [2.24, 2.45) is 0 Å². The molecule has 0 heterocycles. The Labute approximate surface area is 169 Å². The predicted molar refractivity (Wildman–Crippen MR) is 111 cm³/mol. The summed E-state index contributed by atoms with van der Waals surface area (Å²) in [5, 5.41) is 5.12. The molecule has 2 aromatic rings. The SMILES string of the molecule is C=C(C)CN(Cc1ccc(F)cc1)c1ccc(NC(=O)OC)c(NC(=O)OC)c1. The molecule has 2 rings (SSSR count). The largest absolute Gasteiger partial charge is 0.453 e. The molecule has 2 amide bonds. The molecule has 0 aliphatic carbocycles. The maximum Gasteiger partial charge on any atom is 0.411 e. The molecule has 7 nitrogen and oxygen atoms in total. The van der Waals surface area contributed by atoms with Gasteiger partial charge in [-0.15, -0.1) is 0 Å². The first-order chi connectivity index (χ1) is 13.8. The smallest absolute Gasteiger partial charge is 0.411 e. The fourth-order valence-corrected chi connectivity index (χ4v) is 2.64. The second kappa shape index (κ2) is 10.1. The summed E-state index contributed by atoms with van der Waals surface area (Å²) in [6.45, 7) is 6.90. The number of hydrogen-bond donors (Lipinski definition) is 2. The van der Waals surface area contributed by atoms with Crippen LogP contribution in [0.5, 0.6) is 0 Å². The highest BCUT2D eigenvalue weighted by atomic mass is 19.1. The number of hydrogen-bond acceptors (Lipinski definition) is 5. The highest BCUT2D eigenvalue weighted by Gasteiger charge is 2.15. The fourth-order valence-electron chi connectivity index (χ4n) is 2.64. The Balaban J connectivity index is 2.38. The molecule has 0 unspecified atom stereocenters. The maximum absolute atomic E-state index is 13.2. The van der Waals surface area contributed by atoms with E-state index in [-0.39, 0.29) is 5.82 Å². The number of anilines is 3. The van der Waals surface area contributed by atoms with Crippen molar-refractivity contribution in [1.29, 1.82) is 0 Å². The fraction of sp³-hybridized carbons (Fsp3) is 0.238. The van der Waals surface area contributed by atoms with Gasteiger partial charge in [0, 0.05) is 18.8 Å². The molecule has 0 fully saturated rings. The molecule has 0 aliphatic rings. The number of carbonyl (C=O) groups is 2. The first-order valence-corrected chi connectivity index (χ1v) is 8.80. The van der Waals surface area contributed by atoms with Crippen LogP contribution in [-0.4, -0.2) is 33.0 Å². The molecule has 0 atom stereocenters. The summed E-state index contributed by atoms with van der Waals surface area (Å²) in [7, 11) is 2.49. The van der Waals surface area contributed by atoms with Crippen LogP contribution in [0, 0.1) is 5.82 Å². The van der Waals surface area contributed by atoms with Crippen LogP contribution in [-0.2, 0) is 16.0 Å². The van der Waals surface area contributed by atoms with Gasteiger partial charge in [-0.3, -0.25) is 10.6 Å². The molecule has 8 heteroatoms. The molecular formula is C21H24FN3O4. The highest BCUT2D eigenvalue weighted by Crippen LogP contribution is 2.30. The lowest BCUT2D eigenvalue weighted by Crippen LogP contribution is -2.25.